The van der Waals surface area contributed by atoms with Crippen LogP contribution in [0.3, 0.4) is 0 Å². The van der Waals surface area contributed by atoms with E-state index in [2.05, 4.69) is 0 Å². The van der Waals surface area contributed by atoms with Gasteiger partial charge in [-0.15, -0.1) is 0 Å². The number of aromatic nitrogens is 1. The molecule has 2 atom stereocenters. The van der Waals surface area contributed by atoms with Crippen molar-refractivity contribution in [2.75, 3.05) is 13.1 Å². The fraction of sp³-hybridized carbons (Fsp3) is 0.360. The summed E-state index contributed by atoms with van der Waals surface area (Å²) in [6.45, 7) is 4.44. The Balaban J connectivity index is 1.52. The van der Waals surface area contributed by atoms with E-state index in [0.29, 0.717) is 25.9 Å². The van der Waals surface area contributed by atoms with Gasteiger partial charge in [0.05, 0.1) is 11.6 Å². The van der Waals surface area contributed by atoms with Crippen molar-refractivity contribution in [3.63, 3.8) is 0 Å². The van der Waals surface area contributed by atoms with Crippen molar-refractivity contribution in [3.05, 3.63) is 75.8 Å². The molecule has 1 aliphatic rings. The van der Waals surface area contributed by atoms with Crippen molar-refractivity contribution < 1.29 is 19.0 Å². The van der Waals surface area contributed by atoms with Crippen LogP contribution >= 0.6 is 0 Å². The number of fused-ring (bicyclic) bond motifs is 1. The number of hydrogen-bond acceptors (Lipinski definition) is 4. The van der Waals surface area contributed by atoms with Crippen LogP contribution in [-0.2, 0) is 11.3 Å². The van der Waals surface area contributed by atoms with Crippen LogP contribution in [0.4, 0.5) is 4.39 Å². The zero-order valence-corrected chi connectivity index (χ0v) is 18.3. The van der Waals surface area contributed by atoms with Crippen molar-refractivity contribution in [2.24, 2.45) is 0 Å². The lowest BCUT2D eigenvalue weighted by Crippen LogP contribution is -2.37. The lowest BCUT2D eigenvalue weighted by molar-refractivity contribution is -0.131. The number of aryl methyl sites for hydroxylation is 2. The van der Waals surface area contributed by atoms with Crippen LogP contribution in [0, 0.1) is 19.7 Å². The predicted molar refractivity (Wildman–Crippen MR) is 120 cm³/mol. The van der Waals surface area contributed by atoms with Gasteiger partial charge in [-0.05, 0) is 43.5 Å². The highest BCUT2D eigenvalue weighted by atomic mass is 19.1. The fourth-order valence-corrected chi connectivity index (χ4v) is 4.33. The van der Waals surface area contributed by atoms with E-state index in [0.717, 1.165) is 22.0 Å². The summed E-state index contributed by atoms with van der Waals surface area (Å²) in [6.07, 6.45) is -0.760. The molecule has 1 aromatic heterocycles. The molecule has 0 aliphatic carbocycles. The van der Waals surface area contributed by atoms with Gasteiger partial charge >= 0.3 is 0 Å². The van der Waals surface area contributed by atoms with E-state index in [-0.39, 0.29) is 23.8 Å². The molecular weight excluding hydrogens is 411 g/mol. The minimum Gasteiger partial charge on any atom is -0.485 e. The van der Waals surface area contributed by atoms with E-state index in [1.165, 1.54) is 16.7 Å². The number of hydrogen-bond donors (Lipinski definition) is 1. The number of ether oxygens (including phenoxy) is 1. The summed E-state index contributed by atoms with van der Waals surface area (Å²) in [7, 11) is 0. The van der Waals surface area contributed by atoms with Crippen molar-refractivity contribution in [1.82, 2.24) is 9.47 Å². The number of halogens is 1. The van der Waals surface area contributed by atoms with Gasteiger partial charge in [-0.2, -0.15) is 0 Å². The van der Waals surface area contributed by atoms with Crippen LogP contribution in [0.2, 0.25) is 0 Å². The van der Waals surface area contributed by atoms with Gasteiger partial charge in [-0.1, -0.05) is 30.3 Å². The SMILES string of the molecule is Cc1cc(=O)n(CC(=O)N2CC[C@H](Oc3ccccc3F)[C@@H](O)CC2)c2c(C)cccc12. The van der Waals surface area contributed by atoms with Crippen LogP contribution in [-0.4, -0.2) is 45.8 Å². The van der Waals surface area contributed by atoms with E-state index in [1.54, 1.807) is 23.1 Å². The van der Waals surface area contributed by atoms with Gasteiger partial charge in [0.1, 0.15) is 12.6 Å². The summed E-state index contributed by atoms with van der Waals surface area (Å²) in [4.78, 5) is 27.5. The number of para-hydroxylation sites is 2. The molecule has 6 nitrogen and oxygen atoms in total. The normalized spacial score (nSPS) is 19.1. The van der Waals surface area contributed by atoms with Gasteiger partial charge in [0.15, 0.2) is 11.6 Å². The first-order chi connectivity index (χ1) is 15.3. The Morgan fingerprint density at radius 3 is 2.62 bits per heavy atom. The quantitative estimate of drug-likeness (QED) is 0.679. The first-order valence-electron chi connectivity index (χ1n) is 10.8. The summed E-state index contributed by atoms with van der Waals surface area (Å²) in [5.74, 6) is -0.596. The zero-order valence-electron chi connectivity index (χ0n) is 18.3. The average Bonchev–Trinajstić information content (AvgIpc) is 2.94. The third kappa shape index (κ3) is 4.39. The van der Waals surface area contributed by atoms with Gasteiger partial charge in [0.2, 0.25) is 5.91 Å². The lowest BCUT2D eigenvalue weighted by Gasteiger charge is -2.22. The molecule has 0 unspecified atom stereocenters. The van der Waals surface area contributed by atoms with E-state index in [9.17, 15) is 19.1 Å². The third-order valence-electron chi connectivity index (χ3n) is 6.11. The van der Waals surface area contributed by atoms with E-state index < -0.39 is 18.0 Å². The van der Waals surface area contributed by atoms with Crippen molar-refractivity contribution >= 4 is 16.8 Å². The van der Waals surface area contributed by atoms with E-state index >= 15 is 0 Å². The summed E-state index contributed by atoms with van der Waals surface area (Å²) >= 11 is 0. The smallest absolute Gasteiger partial charge is 0.251 e. The Morgan fingerprint density at radius 1 is 1.09 bits per heavy atom. The summed E-state index contributed by atoms with van der Waals surface area (Å²) in [5.41, 5.74) is 2.36. The highest BCUT2D eigenvalue weighted by molar-refractivity contribution is 5.87. The van der Waals surface area contributed by atoms with E-state index in [4.69, 9.17) is 4.74 Å². The first kappa shape index (κ1) is 22.0. The Morgan fingerprint density at radius 2 is 1.84 bits per heavy atom. The summed E-state index contributed by atoms with van der Waals surface area (Å²) < 4.78 is 21.2. The third-order valence-corrected chi connectivity index (χ3v) is 6.11. The predicted octanol–water partition coefficient (Wildman–Crippen LogP) is 3.19. The van der Waals surface area contributed by atoms with Crippen molar-refractivity contribution in [3.8, 4) is 5.75 Å². The van der Waals surface area contributed by atoms with Crippen LogP contribution in [0.1, 0.15) is 24.0 Å². The number of amides is 1. The number of aliphatic hydroxyl groups excluding tert-OH is 1. The van der Waals surface area contributed by atoms with Gasteiger partial charge < -0.3 is 14.7 Å². The molecular formula is C25H27FN2O4. The zero-order chi connectivity index (χ0) is 22.8. The molecule has 0 radical (unpaired) electrons. The number of carbonyl (C=O) groups is 1. The van der Waals surface area contributed by atoms with Gasteiger partial charge in [-0.25, -0.2) is 4.39 Å². The number of rotatable bonds is 4. The molecule has 1 N–H and O–H groups in total. The van der Waals surface area contributed by atoms with E-state index in [1.807, 2.05) is 32.0 Å². The molecule has 0 spiro atoms. The first-order valence-corrected chi connectivity index (χ1v) is 10.8. The minimum atomic E-state index is -0.822. The van der Waals surface area contributed by atoms with Crippen molar-refractivity contribution in [2.45, 2.75) is 45.4 Å². The Labute approximate surface area is 185 Å². The van der Waals surface area contributed by atoms with Crippen LogP contribution in [0.15, 0.2) is 53.3 Å². The number of pyridine rings is 1. The molecule has 168 valence electrons. The Kier molecular flexibility index (Phi) is 6.28. The molecule has 0 bridgehead atoms. The van der Waals surface area contributed by atoms with Gasteiger partial charge in [0, 0.05) is 31.0 Å². The van der Waals surface area contributed by atoms with Gasteiger partial charge in [0.25, 0.3) is 5.56 Å². The highest BCUT2D eigenvalue weighted by Gasteiger charge is 2.29. The maximum absolute atomic E-state index is 13.9. The fourth-order valence-electron chi connectivity index (χ4n) is 4.33. The van der Waals surface area contributed by atoms with Crippen molar-refractivity contribution in [1.29, 1.82) is 0 Å². The largest absolute Gasteiger partial charge is 0.485 e. The molecule has 2 heterocycles. The maximum atomic E-state index is 13.9. The molecule has 7 heteroatoms. The average molecular weight is 438 g/mol. The molecule has 2 aromatic carbocycles. The molecule has 4 rings (SSSR count). The maximum Gasteiger partial charge on any atom is 0.251 e. The monoisotopic (exact) mass is 438 g/mol. The Bertz CT molecular complexity index is 1210. The number of likely N-dealkylation sites (tertiary alicyclic amines) is 1. The van der Waals surface area contributed by atoms with Crippen LogP contribution in [0.25, 0.3) is 10.9 Å². The second-order valence-electron chi connectivity index (χ2n) is 8.34. The molecule has 32 heavy (non-hydrogen) atoms. The standard InChI is InChI=1S/C25H27FN2O4/c1-16-6-5-7-18-17(2)14-23(30)28(25(16)18)15-24(31)27-12-10-20(29)22(11-13-27)32-21-9-4-3-8-19(21)26/h3-9,14,20,22,29H,10-13,15H2,1-2H3/t20-,22-/m0/s1. The molecule has 3 aromatic rings. The van der Waals surface area contributed by atoms with Crippen LogP contribution in [0.5, 0.6) is 5.75 Å². The number of benzene rings is 2. The number of carbonyl (C=O) groups excluding carboxylic acids is 1. The molecule has 1 aliphatic heterocycles. The highest BCUT2D eigenvalue weighted by Crippen LogP contribution is 2.23. The Hall–Kier alpha value is -3.19. The second-order valence-corrected chi connectivity index (χ2v) is 8.34. The summed E-state index contributed by atoms with van der Waals surface area (Å²) in [5, 5.41) is 11.4. The lowest BCUT2D eigenvalue weighted by atomic mass is 10.1. The number of aliphatic hydroxyl groups is 1. The van der Waals surface area contributed by atoms with Gasteiger partial charge in [-0.3, -0.25) is 14.2 Å². The molecule has 1 fully saturated rings. The second kappa shape index (κ2) is 9.12. The molecule has 1 saturated heterocycles. The molecule has 1 amide bonds. The topological polar surface area (TPSA) is 71.8 Å². The van der Waals surface area contributed by atoms with Crippen LogP contribution < -0.4 is 10.3 Å². The summed E-state index contributed by atoms with van der Waals surface area (Å²) in [6, 6.07) is 13.4. The minimum absolute atomic E-state index is 0.0740. The number of nitrogens with zero attached hydrogens (tertiary/aromatic N) is 2. The molecule has 0 saturated carbocycles.